The van der Waals surface area contributed by atoms with Gasteiger partial charge < -0.3 is 15.4 Å². The van der Waals surface area contributed by atoms with Crippen molar-refractivity contribution in [3.63, 3.8) is 0 Å². The van der Waals surface area contributed by atoms with E-state index in [0.29, 0.717) is 22.7 Å². The number of aromatic nitrogens is 2. The first-order chi connectivity index (χ1) is 17.5. The summed E-state index contributed by atoms with van der Waals surface area (Å²) >= 11 is 6.08. The van der Waals surface area contributed by atoms with Gasteiger partial charge in [-0.05, 0) is 60.0 Å². The van der Waals surface area contributed by atoms with Crippen LogP contribution in [0.5, 0.6) is 0 Å². The van der Waals surface area contributed by atoms with Crippen LogP contribution >= 0.6 is 11.6 Å². The van der Waals surface area contributed by atoms with Crippen molar-refractivity contribution >= 4 is 63.1 Å². The first-order valence-electron chi connectivity index (χ1n) is 11.4. The van der Waals surface area contributed by atoms with Gasteiger partial charge in [0.1, 0.15) is 5.69 Å². The molecule has 1 amide bonds. The number of H-pyrrole nitrogens is 1. The first-order valence-corrected chi connectivity index (χ1v) is 11.8. The highest BCUT2D eigenvalue weighted by molar-refractivity contribution is 6.31. The number of carbonyl (C=O) groups excluding carboxylic acids is 1. The molecule has 3 N–H and O–H groups in total. The molecule has 7 heteroatoms. The van der Waals surface area contributed by atoms with Crippen molar-refractivity contribution in [1.82, 2.24) is 9.97 Å². The van der Waals surface area contributed by atoms with Crippen LogP contribution in [-0.4, -0.2) is 27.0 Å². The molecule has 2 heterocycles. The number of aromatic carboxylic acids is 1. The van der Waals surface area contributed by atoms with Gasteiger partial charge in [-0.15, -0.1) is 0 Å². The third-order valence-electron chi connectivity index (χ3n) is 5.92. The number of aromatic amines is 1. The van der Waals surface area contributed by atoms with Crippen molar-refractivity contribution in [2.24, 2.45) is 0 Å². The highest BCUT2D eigenvalue weighted by atomic mass is 35.5. The molecule has 0 aliphatic rings. The lowest BCUT2D eigenvalue weighted by molar-refractivity contribution is -0.116. The molecular weight excluding hydrogens is 474 g/mol. The summed E-state index contributed by atoms with van der Waals surface area (Å²) < 4.78 is 0. The van der Waals surface area contributed by atoms with Gasteiger partial charge in [0.25, 0.3) is 0 Å². The molecule has 178 valence electrons. The molecule has 3 aromatic carbocycles. The minimum atomic E-state index is -1.04. The largest absolute Gasteiger partial charge is 0.477 e. The number of benzene rings is 3. The monoisotopic (exact) mass is 495 g/mol. The van der Waals surface area contributed by atoms with Gasteiger partial charge >= 0.3 is 5.97 Å². The summed E-state index contributed by atoms with van der Waals surface area (Å²) in [4.78, 5) is 31.9. The van der Waals surface area contributed by atoms with Crippen molar-refractivity contribution in [2.45, 2.75) is 12.8 Å². The van der Waals surface area contributed by atoms with Crippen LogP contribution in [0, 0.1) is 0 Å². The van der Waals surface area contributed by atoms with Crippen LogP contribution in [0.1, 0.15) is 33.7 Å². The summed E-state index contributed by atoms with van der Waals surface area (Å²) in [5, 5.41) is 14.9. The van der Waals surface area contributed by atoms with E-state index in [1.807, 2.05) is 91.0 Å². The fourth-order valence-corrected chi connectivity index (χ4v) is 4.37. The maximum Gasteiger partial charge on any atom is 0.352 e. The number of aryl methyl sites for hydroxylation is 1. The van der Waals surface area contributed by atoms with Gasteiger partial charge in [-0.25, -0.2) is 9.78 Å². The Kier molecular flexibility index (Phi) is 6.52. The quantitative estimate of drug-likeness (QED) is 0.231. The Bertz CT molecular complexity index is 1640. The summed E-state index contributed by atoms with van der Waals surface area (Å²) in [7, 11) is 0. The van der Waals surface area contributed by atoms with E-state index in [-0.39, 0.29) is 18.0 Å². The van der Waals surface area contributed by atoms with Crippen molar-refractivity contribution < 1.29 is 14.7 Å². The van der Waals surface area contributed by atoms with E-state index in [9.17, 15) is 14.7 Å². The number of carbonyl (C=O) groups is 2. The molecule has 0 saturated carbocycles. The number of nitrogens with zero attached hydrogens (tertiary/aromatic N) is 1. The number of pyridine rings is 1. The normalized spacial score (nSPS) is 11.4. The van der Waals surface area contributed by atoms with Gasteiger partial charge in [0.15, 0.2) is 0 Å². The molecule has 0 aliphatic heterocycles. The lowest BCUT2D eigenvalue weighted by atomic mass is 10.0. The van der Waals surface area contributed by atoms with Crippen LogP contribution in [-0.2, 0) is 11.2 Å². The molecule has 0 radical (unpaired) electrons. The Labute approximate surface area is 212 Å². The minimum absolute atomic E-state index is 0.126. The molecular formula is C29H22ClN3O3. The van der Waals surface area contributed by atoms with Crippen LogP contribution in [0.15, 0.2) is 78.9 Å². The average Bonchev–Trinajstić information content (AvgIpc) is 3.25. The number of hydrogen-bond donors (Lipinski definition) is 3. The van der Waals surface area contributed by atoms with E-state index < -0.39 is 5.97 Å². The summed E-state index contributed by atoms with van der Waals surface area (Å²) in [6.07, 6.45) is 4.31. The molecule has 6 nitrogen and oxygen atoms in total. The number of fused-ring (bicyclic) bond motifs is 2. The molecule has 0 fully saturated rings. The van der Waals surface area contributed by atoms with Gasteiger partial charge in [-0.1, -0.05) is 60.1 Å². The number of para-hydroxylation sites is 1. The zero-order valence-electron chi connectivity index (χ0n) is 19.2. The second kappa shape index (κ2) is 10.1. The number of anilines is 1. The van der Waals surface area contributed by atoms with Crippen molar-refractivity contribution in [1.29, 1.82) is 0 Å². The van der Waals surface area contributed by atoms with Crippen LogP contribution in [0.2, 0.25) is 5.02 Å². The smallest absolute Gasteiger partial charge is 0.352 e. The summed E-state index contributed by atoms with van der Waals surface area (Å²) in [5.41, 5.74) is 4.70. The maximum absolute atomic E-state index is 12.7. The Morgan fingerprint density at radius 1 is 0.972 bits per heavy atom. The maximum atomic E-state index is 12.7. The summed E-state index contributed by atoms with van der Waals surface area (Å²) in [5.74, 6) is -1.23. The summed E-state index contributed by atoms with van der Waals surface area (Å²) in [6, 6.07) is 24.4. The minimum Gasteiger partial charge on any atom is -0.477 e. The second-order valence-corrected chi connectivity index (χ2v) is 8.85. The number of nitrogens with one attached hydrogen (secondary N) is 2. The van der Waals surface area contributed by atoms with Crippen molar-refractivity contribution in [2.75, 3.05) is 5.32 Å². The first kappa shape index (κ1) is 23.3. The van der Waals surface area contributed by atoms with Crippen LogP contribution in [0.3, 0.4) is 0 Å². The molecule has 36 heavy (non-hydrogen) atoms. The molecule has 0 bridgehead atoms. The zero-order valence-corrected chi connectivity index (χ0v) is 19.9. The Balaban J connectivity index is 1.26. The van der Waals surface area contributed by atoms with Gasteiger partial charge in [-0.3, -0.25) is 4.79 Å². The highest BCUT2D eigenvalue weighted by Crippen LogP contribution is 2.24. The number of carboxylic acids is 1. The second-order valence-electron chi connectivity index (χ2n) is 8.41. The number of amides is 1. The third kappa shape index (κ3) is 5.14. The Hall–Kier alpha value is -4.42. The predicted molar refractivity (Wildman–Crippen MR) is 144 cm³/mol. The lowest BCUT2D eigenvalue weighted by Crippen LogP contribution is -2.13. The van der Waals surface area contributed by atoms with Gasteiger partial charge in [0.05, 0.1) is 11.2 Å². The fourth-order valence-electron chi connectivity index (χ4n) is 4.20. The molecule has 0 unspecified atom stereocenters. The van der Waals surface area contributed by atoms with Crippen LogP contribution in [0.4, 0.5) is 5.69 Å². The summed E-state index contributed by atoms with van der Waals surface area (Å²) in [6.45, 7) is 0. The van der Waals surface area contributed by atoms with Gasteiger partial charge in [0.2, 0.25) is 5.91 Å². The van der Waals surface area contributed by atoms with E-state index in [0.717, 1.165) is 33.1 Å². The molecule has 0 saturated heterocycles. The number of carboxylic acid groups (broad SMARTS) is 1. The number of halogens is 1. The fraction of sp³-hybridized carbons (Fsp3) is 0.0690. The zero-order chi connectivity index (χ0) is 25.1. The van der Waals surface area contributed by atoms with E-state index in [2.05, 4.69) is 15.3 Å². The lowest BCUT2D eigenvalue weighted by Gasteiger charge is -2.07. The Morgan fingerprint density at radius 2 is 1.81 bits per heavy atom. The van der Waals surface area contributed by atoms with E-state index in [1.165, 1.54) is 0 Å². The van der Waals surface area contributed by atoms with Crippen LogP contribution in [0.25, 0.3) is 34.0 Å². The molecule has 2 aromatic heterocycles. The van der Waals surface area contributed by atoms with Crippen molar-refractivity contribution in [3.8, 4) is 0 Å². The number of hydrogen-bond acceptors (Lipinski definition) is 3. The van der Waals surface area contributed by atoms with Gasteiger partial charge in [0, 0.05) is 33.4 Å². The van der Waals surface area contributed by atoms with Crippen LogP contribution < -0.4 is 5.32 Å². The average molecular weight is 496 g/mol. The third-order valence-corrected chi connectivity index (χ3v) is 6.16. The topological polar surface area (TPSA) is 95.1 Å². The predicted octanol–water partition coefficient (Wildman–Crippen LogP) is 6.81. The molecule has 0 spiro atoms. The molecule has 0 aliphatic carbocycles. The van der Waals surface area contributed by atoms with Crippen molar-refractivity contribution in [3.05, 3.63) is 106 Å². The van der Waals surface area contributed by atoms with E-state index in [1.54, 1.807) is 0 Å². The highest BCUT2D eigenvalue weighted by Gasteiger charge is 2.17. The molecule has 5 rings (SSSR count). The van der Waals surface area contributed by atoms with E-state index >= 15 is 0 Å². The standard InChI is InChI=1S/C29H22ClN3O3/c30-20-11-9-19-10-13-21(31-26(19)17-20)12-8-18-4-3-5-22(16-18)32-27(34)15-14-24-23-6-1-2-7-25(23)33-28(24)29(35)36/h1-13,16-17,33H,14-15H2,(H,32,34)(H,35,36)/b12-8+. The van der Waals surface area contributed by atoms with E-state index in [4.69, 9.17) is 11.6 Å². The SMILES string of the molecule is O=C(CCc1c(C(=O)O)[nH]c2ccccc12)Nc1cccc(/C=C/c2ccc3ccc(Cl)cc3n2)c1. The molecule has 0 atom stereocenters. The molecule has 5 aromatic rings. The van der Waals surface area contributed by atoms with Gasteiger partial charge in [-0.2, -0.15) is 0 Å². The Morgan fingerprint density at radius 3 is 2.67 bits per heavy atom. The number of rotatable bonds is 7.